The molecule has 1 unspecified atom stereocenters. The fraction of sp³-hybridized carbons (Fsp3) is 0.342. The van der Waals surface area contributed by atoms with E-state index in [-0.39, 0.29) is 67.0 Å². The van der Waals surface area contributed by atoms with Crippen LogP contribution in [0.25, 0.3) is 11.0 Å². The van der Waals surface area contributed by atoms with E-state index in [4.69, 9.17) is 9.72 Å². The summed E-state index contributed by atoms with van der Waals surface area (Å²) in [6.45, 7) is 3.06. The van der Waals surface area contributed by atoms with Crippen molar-refractivity contribution in [2.24, 2.45) is 0 Å². The third kappa shape index (κ3) is 7.59. The number of benzene rings is 2. The van der Waals surface area contributed by atoms with Gasteiger partial charge < -0.3 is 20.3 Å². The quantitative estimate of drug-likeness (QED) is 0.105. The Kier molecular flexibility index (Phi) is 10.0. The molecule has 0 spiro atoms. The number of fused-ring (bicyclic) bond motifs is 2. The second-order valence-electron chi connectivity index (χ2n) is 14.1. The van der Waals surface area contributed by atoms with Crippen LogP contribution < -0.4 is 20.7 Å². The van der Waals surface area contributed by atoms with Crippen molar-refractivity contribution in [1.29, 1.82) is 0 Å². The lowest BCUT2D eigenvalue weighted by atomic mass is 10.0. The molecule has 3 aromatic heterocycles. The van der Waals surface area contributed by atoms with E-state index in [1.165, 1.54) is 24.3 Å². The van der Waals surface area contributed by atoms with Gasteiger partial charge in [-0.3, -0.25) is 39.3 Å². The fourth-order valence-corrected chi connectivity index (χ4v) is 7.28. The van der Waals surface area contributed by atoms with E-state index in [0.29, 0.717) is 60.8 Å². The molecule has 19 heteroatoms. The first-order valence-electron chi connectivity index (χ1n) is 18.5. The Labute approximate surface area is 323 Å². The van der Waals surface area contributed by atoms with Crippen molar-refractivity contribution < 1.29 is 37.5 Å². The first kappa shape index (κ1) is 37.1. The van der Waals surface area contributed by atoms with Crippen molar-refractivity contribution in [2.75, 3.05) is 30.3 Å². The predicted octanol–water partition coefficient (Wildman–Crippen LogP) is 3.92. The minimum atomic E-state index is -1.06. The summed E-state index contributed by atoms with van der Waals surface area (Å²) in [7, 11) is 0. The van der Waals surface area contributed by atoms with Crippen LogP contribution in [0.2, 0.25) is 0 Å². The zero-order valence-electron chi connectivity index (χ0n) is 30.7. The van der Waals surface area contributed by atoms with Gasteiger partial charge in [-0.15, -0.1) is 0 Å². The highest BCUT2D eigenvalue weighted by Gasteiger charge is 2.44. The van der Waals surface area contributed by atoms with Crippen LogP contribution >= 0.6 is 0 Å². The van der Waals surface area contributed by atoms with Gasteiger partial charge in [-0.1, -0.05) is 6.07 Å². The second kappa shape index (κ2) is 15.4. The summed E-state index contributed by atoms with van der Waals surface area (Å²) in [6.07, 6.45) is 3.64. The number of anilines is 3. The minimum Gasteiger partial charge on any atom is -0.494 e. The number of nitrogens with one attached hydrogen (secondary N) is 4. The number of piperidine rings is 2. The standard InChI is InChI=1S/C38H37F2N11O6/c1-20-15-30(48-47-20)43-33-27-19-42-51(34(27)46-38(45-33)41-18-21-4-5-22(39)16-28(21)40)23-10-12-49(13-11-23)32(53)3-2-14-57-24-6-7-25-26(17-24)37(56)50(36(25)55)29-8-9-31(52)44-35(29)54/h4-7,15-17,19,23,29H,2-3,8-14,18H2,1H3,(H,44,52,54)(H3,41,43,45,46,47,48). The van der Waals surface area contributed by atoms with Crippen molar-refractivity contribution in [3.63, 3.8) is 0 Å². The highest BCUT2D eigenvalue weighted by Crippen LogP contribution is 2.32. The molecule has 5 aromatic rings. The maximum absolute atomic E-state index is 14.4. The lowest BCUT2D eigenvalue weighted by Gasteiger charge is -2.32. The molecular weight excluding hydrogens is 744 g/mol. The molecule has 3 aliphatic heterocycles. The van der Waals surface area contributed by atoms with E-state index < -0.39 is 41.3 Å². The molecule has 0 radical (unpaired) electrons. The number of halogens is 2. The van der Waals surface area contributed by atoms with E-state index in [2.05, 4.69) is 36.2 Å². The number of rotatable bonds is 12. The first-order valence-corrected chi connectivity index (χ1v) is 18.5. The number of aromatic amines is 1. The van der Waals surface area contributed by atoms with Crippen LogP contribution in [-0.4, -0.2) is 95.0 Å². The molecule has 1 atom stereocenters. The van der Waals surface area contributed by atoms with E-state index in [1.807, 2.05) is 17.7 Å². The zero-order chi connectivity index (χ0) is 39.8. The predicted molar refractivity (Wildman–Crippen MR) is 198 cm³/mol. The molecule has 3 aliphatic rings. The van der Waals surface area contributed by atoms with E-state index in [1.54, 1.807) is 17.2 Å². The Bertz CT molecular complexity index is 2430. The molecule has 2 saturated heterocycles. The summed E-state index contributed by atoms with van der Waals surface area (Å²) < 4.78 is 35.5. The van der Waals surface area contributed by atoms with Crippen LogP contribution in [-0.2, 0) is 20.9 Å². The molecule has 57 heavy (non-hydrogen) atoms. The number of likely N-dealkylation sites (tertiary alicyclic amines) is 1. The largest absolute Gasteiger partial charge is 0.494 e. The van der Waals surface area contributed by atoms with Crippen molar-refractivity contribution in [2.45, 2.75) is 64.1 Å². The van der Waals surface area contributed by atoms with E-state index in [0.717, 1.165) is 16.7 Å². The maximum Gasteiger partial charge on any atom is 0.262 e. The first-order chi connectivity index (χ1) is 27.5. The molecule has 294 valence electrons. The van der Waals surface area contributed by atoms with Crippen LogP contribution in [0, 0.1) is 18.6 Å². The minimum absolute atomic E-state index is 0.0114. The Morgan fingerprint density at radius 2 is 1.79 bits per heavy atom. The van der Waals surface area contributed by atoms with Gasteiger partial charge in [0, 0.05) is 55.9 Å². The van der Waals surface area contributed by atoms with Crippen molar-refractivity contribution in [3.8, 4) is 5.75 Å². The fourth-order valence-electron chi connectivity index (χ4n) is 7.28. The maximum atomic E-state index is 14.4. The summed E-state index contributed by atoms with van der Waals surface area (Å²) in [4.78, 5) is 75.2. The Morgan fingerprint density at radius 1 is 0.982 bits per heavy atom. The highest BCUT2D eigenvalue weighted by molar-refractivity contribution is 6.23. The number of ether oxygens (including phenoxy) is 1. The zero-order valence-corrected chi connectivity index (χ0v) is 30.7. The van der Waals surface area contributed by atoms with Crippen molar-refractivity contribution >= 4 is 58.2 Å². The van der Waals surface area contributed by atoms with Gasteiger partial charge in [-0.05, 0) is 56.9 Å². The lowest BCUT2D eigenvalue weighted by molar-refractivity contribution is -0.136. The van der Waals surface area contributed by atoms with Gasteiger partial charge in [0.05, 0.1) is 35.4 Å². The summed E-state index contributed by atoms with van der Waals surface area (Å²) in [5.41, 5.74) is 1.89. The number of amides is 5. The number of imide groups is 2. The smallest absolute Gasteiger partial charge is 0.262 e. The van der Waals surface area contributed by atoms with Crippen LogP contribution in [0.3, 0.4) is 0 Å². The number of aryl methyl sites for hydroxylation is 1. The monoisotopic (exact) mass is 781 g/mol. The summed E-state index contributed by atoms with van der Waals surface area (Å²) in [6, 6.07) is 8.55. The summed E-state index contributed by atoms with van der Waals surface area (Å²) in [5, 5.41) is 20.8. The summed E-state index contributed by atoms with van der Waals surface area (Å²) >= 11 is 0. The molecular formula is C38H37F2N11O6. The van der Waals surface area contributed by atoms with Gasteiger partial charge in [0.2, 0.25) is 23.7 Å². The number of hydrogen-bond acceptors (Lipinski definition) is 12. The Balaban J connectivity index is 0.868. The molecule has 6 heterocycles. The third-order valence-electron chi connectivity index (χ3n) is 10.2. The Morgan fingerprint density at radius 3 is 2.54 bits per heavy atom. The third-order valence-corrected chi connectivity index (χ3v) is 10.2. The van der Waals surface area contributed by atoms with Gasteiger partial charge in [-0.25, -0.2) is 13.5 Å². The highest BCUT2D eigenvalue weighted by atomic mass is 19.1. The second-order valence-corrected chi connectivity index (χ2v) is 14.1. The number of H-pyrrole nitrogens is 1. The van der Waals surface area contributed by atoms with Crippen LogP contribution in [0.4, 0.5) is 26.4 Å². The van der Waals surface area contributed by atoms with Crippen LogP contribution in [0.5, 0.6) is 5.75 Å². The number of hydrogen-bond donors (Lipinski definition) is 4. The van der Waals surface area contributed by atoms with Crippen molar-refractivity contribution in [3.05, 3.63) is 82.7 Å². The number of aromatic nitrogens is 6. The average Bonchev–Trinajstić information content (AvgIpc) is 3.88. The average molecular weight is 782 g/mol. The number of carbonyl (C=O) groups is 5. The van der Waals surface area contributed by atoms with Gasteiger partial charge in [0.1, 0.15) is 29.2 Å². The lowest BCUT2D eigenvalue weighted by Crippen LogP contribution is -2.54. The molecule has 5 amide bonds. The topological polar surface area (TPSA) is 209 Å². The molecule has 0 aliphatic carbocycles. The molecule has 2 fully saturated rings. The summed E-state index contributed by atoms with van der Waals surface area (Å²) in [5.74, 6) is -2.22. The van der Waals surface area contributed by atoms with Gasteiger partial charge in [-0.2, -0.15) is 20.2 Å². The van der Waals surface area contributed by atoms with Crippen molar-refractivity contribution in [1.82, 2.24) is 45.1 Å². The van der Waals surface area contributed by atoms with Crippen LogP contribution in [0.15, 0.2) is 48.7 Å². The molecule has 17 nitrogen and oxygen atoms in total. The Hall–Kier alpha value is -6.79. The molecule has 0 bridgehead atoms. The van der Waals surface area contributed by atoms with Gasteiger partial charge in [0.25, 0.3) is 11.8 Å². The molecule has 8 rings (SSSR count). The molecule has 4 N–H and O–H groups in total. The van der Waals surface area contributed by atoms with Gasteiger partial charge in [0.15, 0.2) is 11.5 Å². The van der Waals surface area contributed by atoms with E-state index in [9.17, 15) is 32.8 Å². The number of carbonyl (C=O) groups excluding carboxylic acids is 5. The normalized spacial score (nSPS) is 17.3. The number of nitrogens with zero attached hydrogens (tertiary/aromatic N) is 7. The SMILES string of the molecule is Cc1cc(Nc2nc(NCc3ccc(F)cc3F)nc3c2cnn3C2CCN(C(=O)CCCOc3ccc4c(c3)C(=O)N(C3CCC(=O)NC3=O)C4=O)CC2)n[nH]1. The van der Waals surface area contributed by atoms with E-state index >= 15 is 0 Å². The van der Waals surface area contributed by atoms with Gasteiger partial charge >= 0.3 is 0 Å². The molecule has 0 saturated carbocycles. The van der Waals surface area contributed by atoms with Crippen LogP contribution in [0.1, 0.15) is 76.5 Å². The molecule has 2 aromatic carbocycles.